The first-order valence-electron chi connectivity index (χ1n) is 7.47. The molecule has 1 N–H and O–H groups in total. The second kappa shape index (κ2) is 7.70. The standard InChI is InChI=1S/C17H15ClN4O2/c18-9-3-6-15(23)20-14-5-2-1-4-13(14)17-21-16(22-24-17)12-7-10-19-11-8-12/h1-2,4-5,7-8,10-11H,3,6,9H2,(H,20,23). The van der Waals surface area contributed by atoms with E-state index < -0.39 is 0 Å². The van der Waals surface area contributed by atoms with Crippen LogP contribution in [0.4, 0.5) is 5.69 Å². The number of aromatic nitrogens is 3. The van der Waals surface area contributed by atoms with E-state index in [-0.39, 0.29) is 5.91 Å². The van der Waals surface area contributed by atoms with E-state index in [9.17, 15) is 4.79 Å². The fourth-order valence-electron chi connectivity index (χ4n) is 2.17. The van der Waals surface area contributed by atoms with Crippen molar-refractivity contribution in [3.05, 3.63) is 48.8 Å². The van der Waals surface area contributed by atoms with Gasteiger partial charge in [-0.2, -0.15) is 4.98 Å². The number of para-hydroxylation sites is 1. The first-order chi connectivity index (χ1) is 11.8. The maximum Gasteiger partial charge on any atom is 0.260 e. The van der Waals surface area contributed by atoms with Crippen molar-refractivity contribution in [1.82, 2.24) is 15.1 Å². The molecule has 0 aliphatic heterocycles. The summed E-state index contributed by atoms with van der Waals surface area (Å²) in [5.41, 5.74) is 2.11. The quantitative estimate of drug-likeness (QED) is 0.690. The SMILES string of the molecule is O=C(CCCCl)Nc1ccccc1-c1nc(-c2ccncc2)no1. The zero-order valence-corrected chi connectivity index (χ0v) is 13.5. The Bertz CT molecular complexity index is 820. The van der Waals surface area contributed by atoms with E-state index in [0.29, 0.717) is 41.7 Å². The van der Waals surface area contributed by atoms with Crippen LogP contribution in [0.2, 0.25) is 0 Å². The van der Waals surface area contributed by atoms with Crippen molar-refractivity contribution in [2.75, 3.05) is 11.2 Å². The molecule has 0 aliphatic carbocycles. The number of halogens is 1. The van der Waals surface area contributed by atoms with Gasteiger partial charge >= 0.3 is 0 Å². The van der Waals surface area contributed by atoms with Crippen LogP contribution in [0.5, 0.6) is 0 Å². The molecule has 0 bridgehead atoms. The van der Waals surface area contributed by atoms with E-state index in [0.717, 1.165) is 5.56 Å². The van der Waals surface area contributed by atoms with Gasteiger partial charge in [0.2, 0.25) is 11.7 Å². The number of pyridine rings is 1. The number of nitrogens with zero attached hydrogens (tertiary/aromatic N) is 3. The maximum atomic E-state index is 11.9. The van der Waals surface area contributed by atoms with E-state index in [1.165, 1.54) is 0 Å². The van der Waals surface area contributed by atoms with Crippen LogP contribution in [-0.2, 0) is 4.79 Å². The molecule has 2 heterocycles. The molecule has 0 radical (unpaired) electrons. The number of carbonyl (C=O) groups excluding carboxylic acids is 1. The number of hydrogen-bond acceptors (Lipinski definition) is 5. The van der Waals surface area contributed by atoms with Gasteiger partial charge in [-0.25, -0.2) is 0 Å². The second-order valence-corrected chi connectivity index (χ2v) is 5.42. The van der Waals surface area contributed by atoms with Crippen LogP contribution in [0.25, 0.3) is 22.8 Å². The van der Waals surface area contributed by atoms with Gasteiger partial charge in [0.1, 0.15) is 0 Å². The van der Waals surface area contributed by atoms with E-state index in [4.69, 9.17) is 16.1 Å². The predicted molar refractivity (Wildman–Crippen MR) is 91.5 cm³/mol. The van der Waals surface area contributed by atoms with E-state index in [2.05, 4.69) is 20.4 Å². The van der Waals surface area contributed by atoms with Crippen LogP contribution in [0.3, 0.4) is 0 Å². The molecular weight excluding hydrogens is 328 g/mol. The topological polar surface area (TPSA) is 80.9 Å². The lowest BCUT2D eigenvalue weighted by molar-refractivity contribution is -0.116. The molecule has 7 heteroatoms. The number of benzene rings is 1. The van der Waals surface area contributed by atoms with Crippen molar-refractivity contribution in [3.8, 4) is 22.8 Å². The Morgan fingerprint density at radius 3 is 2.75 bits per heavy atom. The molecule has 0 aliphatic rings. The third kappa shape index (κ3) is 3.78. The van der Waals surface area contributed by atoms with Gasteiger partial charge in [0.15, 0.2) is 0 Å². The largest absolute Gasteiger partial charge is 0.334 e. The third-order valence-electron chi connectivity index (χ3n) is 3.33. The number of hydrogen-bond donors (Lipinski definition) is 1. The highest BCUT2D eigenvalue weighted by molar-refractivity contribution is 6.18. The van der Waals surface area contributed by atoms with Gasteiger partial charge in [-0.15, -0.1) is 11.6 Å². The van der Waals surface area contributed by atoms with Crippen molar-refractivity contribution in [2.24, 2.45) is 0 Å². The molecule has 1 aromatic carbocycles. The summed E-state index contributed by atoms with van der Waals surface area (Å²) >= 11 is 5.62. The number of anilines is 1. The Balaban J connectivity index is 1.85. The highest BCUT2D eigenvalue weighted by Gasteiger charge is 2.15. The molecule has 0 fully saturated rings. The Morgan fingerprint density at radius 1 is 1.17 bits per heavy atom. The van der Waals surface area contributed by atoms with Crippen molar-refractivity contribution in [1.29, 1.82) is 0 Å². The molecule has 0 spiro atoms. The van der Waals surface area contributed by atoms with Crippen molar-refractivity contribution < 1.29 is 9.32 Å². The highest BCUT2D eigenvalue weighted by atomic mass is 35.5. The summed E-state index contributed by atoms with van der Waals surface area (Å²) in [5.74, 6) is 1.16. The molecule has 0 unspecified atom stereocenters. The Hall–Kier alpha value is -2.73. The average molecular weight is 343 g/mol. The van der Waals surface area contributed by atoms with E-state index in [1.54, 1.807) is 30.6 Å². The van der Waals surface area contributed by atoms with Crippen LogP contribution >= 0.6 is 11.6 Å². The number of amides is 1. The van der Waals surface area contributed by atoms with Gasteiger partial charge in [-0.1, -0.05) is 17.3 Å². The summed E-state index contributed by atoms with van der Waals surface area (Å²) in [4.78, 5) is 20.3. The summed E-state index contributed by atoms with van der Waals surface area (Å²) in [6, 6.07) is 10.9. The summed E-state index contributed by atoms with van der Waals surface area (Å²) in [5, 5.41) is 6.85. The van der Waals surface area contributed by atoms with Gasteiger partial charge in [0, 0.05) is 30.3 Å². The number of nitrogens with one attached hydrogen (secondary N) is 1. The zero-order chi connectivity index (χ0) is 16.8. The summed E-state index contributed by atoms with van der Waals surface area (Å²) in [7, 11) is 0. The van der Waals surface area contributed by atoms with Crippen LogP contribution in [0.15, 0.2) is 53.3 Å². The summed E-state index contributed by atoms with van der Waals surface area (Å²) in [6.07, 6.45) is 4.32. The van der Waals surface area contributed by atoms with Crippen molar-refractivity contribution >= 4 is 23.2 Å². The number of rotatable bonds is 6. The lowest BCUT2D eigenvalue weighted by Crippen LogP contribution is -2.12. The van der Waals surface area contributed by atoms with E-state index in [1.807, 2.05) is 18.2 Å². The smallest absolute Gasteiger partial charge is 0.260 e. The fourth-order valence-corrected chi connectivity index (χ4v) is 2.30. The molecule has 0 saturated carbocycles. The Labute approximate surface area is 143 Å². The molecule has 122 valence electrons. The van der Waals surface area contributed by atoms with Gasteiger partial charge in [0.25, 0.3) is 5.89 Å². The molecule has 0 saturated heterocycles. The first kappa shape index (κ1) is 16.1. The third-order valence-corrected chi connectivity index (χ3v) is 3.60. The summed E-state index contributed by atoms with van der Waals surface area (Å²) < 4.78 is 5.35. The molecule has 24 heavy (non-hydrogen) atoms. The molecule has 6 nitrogen and oxygen atoms in total. The monoisotopic (exact) mass is 342 g/mol. The van der Waals surface area contributed by atoms with Gasteiger partial charge < -0.3 is 9.84 Å². The molecule has 1 amide bonds. The lowest BCUT2D eigenvalue weighted by Gasteiger charge is -2.07. The molecule has 2 aromatic heterocycles. The van der Waals surface area contributed by atoms with Gasteiger partial charge in [-0.3, -0.25) is 9.78 Å². The van der Waals surface area contributed by atoms with Crippen LogP contribution in [0, 0.1) is 0 Å². The Morgan fingerprint density at radius 2 is 1.96 bits per heavy atom. The maximum absolute atomic E-state index is 11.9. The average Bonchev–Trinajstić information content (AvgIpc) is 3.11. The van der Waals surface area contributed by atoms with Crippen LogP contribution in [0.1, 0.15) is 12.8 Å². The number of carbonyl (C=O) groups is 1. The minimum Gasteiger partial charge on any atom is -0.334 e. The zero-order valence-electron chi connectivity index (χ0n) is 12.8. The number of alkyl halides is 1. The first-order valence-corrected chi connectivity index (χ1v) is 8.00. The molecule has 0 atom stereocenters. The molecule has 3 aromatic rings. The predicted octanol–water partition coefficient (Wildman–Crippen LogP) is 3.76. The highest BCUT2D eigenvalue weighted by Crippen LogP contribution is 2.28. The minimum absolute atomic E-state index is 0.100. The van der Waals surface area contributed by atoms with Crippen LogP contribution < -0.4 is 5.32 Å². The van der Waals surface area contributed by atoms with Crippen molar-refractivity contribution in [2.45, 2.75) is 12.8 Å². The van der Waals surface area contributed by atoms with Crippen molar-refractivity contribution in [3.63, 3.8) is 0 Å². The van der Waals surface area contributed by atoms with E-state index >= 15 is 0 Å². The minimum atomic E-state index is -0.100. The van der Waals surface area contributed by atoms with Gasteiger partial charge in [0.05, 0.1) is 11.3 Å². The summed E-state index contributed by atoms with van der Waals surface area (Å²) in [6.45, 7) is 0. The fraction of sp³-hybridized carbons (Fsp3) is 0.176. The normalized spacial score (nSPS) is 10.5. The second-order valence-electron chi connectivity index (χ2n) is 5.05. The lowest BCUT2D eigenvalue weighted by atomic mass is 10.1. The molecular formula is C17H15ClN4O2. The Kier molecular flexibility index (Phi) is 5.18. The van der Waals surface area contributed by atoms with Gasteiger partial charge in [-0.05, 0) is 30.7 Å². The van der Waals surface area contributed by atoms with Crippen LogP contribution in [-0.4, -0.2) is 26.9 Å². The molecule has 3 rings (SSSR count).